The minimum Gasteiger partial charge on any atom is -0.424 e. The van der Waals surface area contributed by atoms with Gasteiger partial charge in [-0.3, -0.25) is 4.79 Å². The number of nitrogens with zero attached hydrogens (tertiary/aromatic N) is 2. The van der Waals surface area contributed by atoms with Gasteiger partial charge in [-0.1, -0.05) is 6.92 Å². The van der Waals surface area contributed by atoms with Crippen LogP contribution in [0.4, 0.5) is 0 Å². The van der Waals surface area contributed by atoms with Crippen LogP contribution in [-0.4, -0.2) is 22.4 Å². The number of ether oxygens (including phenoxy) is 1. The number of nitrogens with one attached hydrogen (secondary N) is 1. The van der Waals surface area contributed by atoms with Gasteiger partial charge in [0.25, 0.3) is 0 Å². The molecule has 6 nitrogen and oxygen atoms in total. The molecule has 0 unspecified atom stereocenters. The molecule has 1 aromatic carbocycles. The summed E-state index contributed by atoms with van der Waals surface area (Å²) >= 11 is 0. The Labute approximate surface area is 123 Å². The summed E-state index contributed by atoms with van der Waals surface area (Å²) in [4.78, 5) is 19.3. The lowest BCUT2D eigenvalue weighted by molar-refractivity contribution is 0.100. The Morgan fingerprint density at radius 1 is 1.24 bits per heavy atom. The second-order valence-electron chi connectivity index (χ2n) is 4.54. The average molecular weight is 286 g/mol. The van der Waals surface area contributed by atoms with Crippen LogP contribution in [0.1, 0.15) is 29.3 Å². The van der Waals surface area contributed by atoms with Gasteiger partial charge >= 0.3 is 6.01 Å². The van der Waals surface area contributed by atoms with Crippen molar-refractivity contribution in [1.82, 2.24) is 15.3 Å². The number of hydrogen-bond acceptors (Lipinski definition) is 5. The van der Waals surface area contributed by atoms with Crippen molar-refractivity contribution in [3.05, 3.63) is 47.8 Å². The lowest BCUT2D eigenvalue weighted by Crippen LogP contribution is -2.14. The van der Waals surface area contributed by atoms with Crippen molar-refractivity contribution in [3.8, 4) is 11.8 Å². The number of carbonyl (C=O) groups excluding carboxylic acids is 1. The Hall–Kier alpha value is -2.47. The van der Waals surface area contributed by atoms with E-state index >= 15 is 0 Å². The fourth-order valence-electron chi connectivity index (χ4n) is 1.69. The first-order valence-electron chi connectivity index (χ1n) is 6.78. The molecule has 0 aliphatic heterocycles. The minimum absolute atomic E-state index is 0.265. The van der Waals surface area contributed by atoms with Crippen molar-refractivity contribution >= 4 is 5.91 Å². The fraction of sp³-hybridized carbons (Fsp3) is 0.267. The SMILES string of the molecule is CCCNCc1cnc(Oc2ccc(C(N)=O)cc2)nc1. The van der Waals surface area contributed by atoms with Crippen molar-refractivity contribution in [2.45, 2.75) is 19.9 Å². The summed E-state index contributed by atoms with van der Waals surface area (Å²) in [5.74, 6) is 0.0820. The van der Waals surface area contributed by atoms with Crippen LogP contribution in [0.15, 0.2) is 36.7 Å². The predicted octanol–water partition coefficient (Wildman–Crippen LogP) is 1.87. The van der Waals surface area contributed by atoms with Crippen LogP contribution >= 0.6 is 0 Å². The Morgan fingerprint density at radius 2 is 1.90 bits per heavy atom. The number of aromatic nitrogens is 2. The Kier molecular flexibility index (Phi) is 5.22. The van der Waals surface area contributed by atoms with E-state index < -0.39 is 5.91 Å². The highest BCUT2D eigenvalue weighted by Crippen LogP contribution is 2.17. The molecule has 2 rings (SSSR count). The fourth-order valence-corrected chi connectivity index (χ4v) is 1.69. The van der Waals surface area contributed by atoms with Crippen LogP contribution in [0.5, 0.6) is 11.8 Å². The lowest BCUT2D eigenvalue weighted by Gasteiger charge is -2.06. The van der Waals surface area contributed by atoms with Crippen LogP contribution in [0.3, 0.4) is 0 Å². The third-order valence-corrected chi connectivity index (χ3v) is 2.79. The summed E-state index contributed by atoms with van der Waals surface area (Å²) in [6.45, 7) is 3.82. The quantitative estimate of drug-likeness (QED) is 0.758. The Balaban J connectivity index is 1.94. The van der Waals surface area contributed by atoms with E-state index in [0.29, 0.717) is 11.3 Å². The van der Waals surface area contributed by atoms with Crippen molar-refractivity contribution in [2.75, 3.05) is 6.54 Å². The van der Waals surface area contributed by atoms with Crippen LogP contribution in [0.2, 0.25) is 0 Å². The molecule has 0 aliphatic rings. The second kappa shape index (κ2) is 7.35. The molecule has 1 heterocycles. The average Bonchev–Trinajstić information content (AvgIpc) is 2.50. The normalized spacial score (nSPS) is 10.3. The molecule has 0 saturated carbocycles. The molecule has 1 amide bonds. The number of benzene rings is 1. The molecule has 0 spiro atoms. The van der Waals surface area contributed by atoms with Gasteiger partial charge in [-0.05, 0) is 37.2 Å². The number of rotatable bonds is 7. The van der Waals surface area contributed by atoms with E-state index in [2.05, 4.69) is 22.2 Å². The molecule has 21 heavy (non-hydrogen) atoms. The van der Waals surface area contributed by atoms with E-state index in [1.807, 2.05) is 0 Å². The highest BCUT2D eigenvalue weighted by Gasteiger charge is 2.03. The standard InChI is InChI=1S/C15H18N4O2/c1-2-7-17-8-11-9-18-15(19-10-11)21-13-5-3-12(4-6-13)14(16)20/h3-6,9-10,17H,2,7-8H2,1H3,(H2,16,20). The van der Waals surface area contributed by atoms with E-state index in [4.69, 9.17) is 10.5 Å². The molecule has 2 aromatic rings. The molecular formula is C15H18N4O2. The Bertz CT molecular complexity index is 582. The zero-order valence-corrected chi connectivity index (χ0v) is 11.9. The summed E-state index contributed by atoms with van der Waals surface area (Å²) in [6, 6.07) is 6.77. The predicted molar refractivity (Wildman–Crippen MR) is 79.1 cm³/mol. The van der Waals surface area contributed by atoms with E-state index in [9.17, 15) is 4.79 Å². The molecule has 3 N–H and O–H groups in total. The first-order valence-corrected chi connectivity index (χ1v) is 6.78. The van der Waals surface area contributed by atoms with Gasteiger partial charge in [0.1, 0.15) is 5.75 Å². The maximum Gasteiger partial charge on any atom is 0.321 e. The lowest BCUT2D eigenvalue weighted by atomic mass is 10.2. The zero-order chi connectivity index (χ0) is 15.1. The van der Waals surface area contributed by atoms with E-state index in [1.165, 1.54) is 0 Å². The summed E-state index contributed by atoms with van der Waals surface area (Å²) in [5.41, 5.74) is 6.60. The van der Waals surface area contributed by atoms with Gasteiger partial charge in [-0.25, -0.2) is 9.97 Å². The first kappa shape index (κ1) is 14.9. The molecule has 0 radical (unpaired) electrons. The van der Waals surface area contributed by atoms with Crippen molar-refractivity contribution in [2.24, 2.45) is 5.73 Å². The van der Waals surface area contributed by atoms with E-state index in [-0.39, 0.29) is 6.01 Å². The highest BCUT2D eigenvalue weighted by atomic mass is 16.5. The third-order valence-electron chi connectivity index (χ3n) is 2.79. The van der Waals surface area contributed by atoms with E-state index in [0.717, 1.165) is 25.1 Å². The van der Waals surface area contributed by atoms with Crippen molar-refractivity contribution < 1.29 is 9.53 Å². The molecule has 110 valence electrons. The summed E-state index contributed by atoms with van der Waals surface area (Å²) in [5, 5.41) is 3.27. The topological polar surface area (TPSA) is 90.1 Å². The van der Waals surface area contributed by atoms with Crippen LogP contribution in [-0.2, 0) is 6.54 Å². The molecule has 0 fully saturated rings. The number of hydrogen-bond donors (Lipinski definition) is 2. The smallest absolute Gasteiger partial charge is 0.321 e. The maximum absolute atomic E-state index is 11.0. The molecular weight excluding hydrogens is 268 g/mol. The second-order valence-corrected chi connectivity index (χ2v) is 4.54. The summed E-state index contributed by atoms with van der Waals surface area (Å²) < 4.78 is 5.50. The largest absolute Gasteiger partial charge is 0.424 e. The molecule has 1 aromatic heterocycles. The van der Waals surface area contributed by atoms with Gasteiger partial charge in [0.05, 0.1) is 0 Å². The summed E-state index contributed by atoms with van der Waals surface area (Å²) in [6.07, 6.45) is 4.54. The van der Waals surface area contributed by atoms with Crippen LogP contribution in [0, 0.1) is 0 Å². The van der Waals surface area contributed by atoms with Gasteiger partial charge in [0.15, 0.2) is 0 Å². The third kappa shape index (κ3) is 4.54. The van der Waals surface area contributed by atoms with Gasteiger partial charge < -0.3 is 15.8 Å². The minimum atomic E-state index is -0.471. The molecule has 6 heteroatoms. The molecule has 0 aliphatic carbocycles. The zero-order valence-electron chi connectivity index (χ0n) is 11.9. The van der Waals surface area contributed by atoms with Gasteiger partial charge in [-0.2, -0.15) is 0 Å². The first-order chi connectivity index (χ1) is 10.2. The summed E-state index contributed by atoms with van der Waals surface area (Å²) in [7, 11) is 0. The van der Waals surface area contributed by atoms with Crippen LogP contribution in [0.25, 0.3) is 0 Å². The van der Waals surface area contributed by atoms with Crippen molar-refractivity contribution in [3.63, 3.8) is 0 Å². The molecule has 0 saturated heterocycles. The van der Waals surface area contributed by atoms with E-state index in [1.54, 1.807) is 36.7 Å². The number of nitrogens with two attached hydrogens (primary N) is 1. The van der Waals surface area contributed by atoms with Crippen molar-refractivity contribution in [1.29, 1.82) is 0 Å². The molecule has 0 atom stereocenters. The maximum atomic E-state index is 11.0. The van der Waals surface area contributed by atoms with Gasteiger partial charge in [0.2, 0.25) is 5.91 Å². The highest BCUT2D eigenvalue weighted by molar-refractivity contribution is 5.92. The Morgan fingerprint density at radius 3 is 2.48 bits per heavy atom. The number of amides is 1. The molecule has 0 bridgehead atoms. The van der Waals surface area contributed by atoms with Crippen LogP contribution < -0.4 is 15.8 Å². The number of carbonyl (C=O) groups is 1. The monoisotopic (exact) mass is 286 g/mol. The van der Waals surface area contributed by atoms with Gasteiger partial charge in [-0.15, -0.1) is 0 Å². The number of primary amides is 1. The van der Waals surface area contributed by atoms with Gasteiger partial charge in [0, 0.05) is 30.1 Å².